The lowest BCUT2D eigenvalue weighted by molar-refractivity contribution is 0.570. The van der Waals surface area contributed by atoms with Gasteiger partial charge >= 0.3 is 0 Å². The molecule has 0 aliphatic heterocycles. The van der Waals surface area contributed by atoms with E-state index in [4.69, 9.17) is 15.4 Å². The molecule has 0 bridgehead atoms. The highest BCUT2D eigenvalue weighted by atomic mass is 19.1. The Balaban J connectivity index is 2.84. The third-order valence-electron chi connectivity index (χ3n) is 2.54. The normalized spacial score (nSPS) is 10.6. The van der Waals surface area contributed by atoms with Crippen molar-refractivity contribution in [1.29, 1.82) is 5.26 Å². The minimum atomic E-state index is -0.483. The fraction of sp³-hybridized carbons (Fsp3) is 0.250. The summed E-state index contributed by atoms with van der Waals surface area (Å²) in [4.78, 5) is 0. The molecule has 0 aliphatic rings. The summed E-state index contributed by atoms with van der Waals surface area (Å²) in [7, 11) is 0. The molecule has 1 aromatic heterocycles. The van der Waals surface area contributed by atoms with E-state index in [1.54, 1.807) is 6.07 Å². The molecule has 0 amide bonds. The van der Waals surface area contributed by atoms with Gasteiger partial charge in [0, 0.05) is 5.39 Å². The van der Waals surface area contributed by atoms with Gasteiger partial charge in [-0.25, -0.2) is 4.39 Å². The van der Waals surface area contributed by atoms with Gasteiger partial charge in [-0.1, -0.05) is 19.4 Å². The molecule has 0 spiro atoms. The lowest BCUT2D eigenvalue weighted by Crippen LogP contribution is -1.89. The molecule has 2 N–H and O–H groups in total. The van der Waals surface area contributed by atoms with E-state index in [1.807, 2.05) is 13.0 Å². The average Bonchev–Trinajstić information content (AvgIpc) is 2.60. The first-order chi connectivity index (χ1) is 7.69. The zero-order valence-corrected chi connectivity index (χ0v) is 8.88. The number of aryl methyl sites for hydroxylation is 1. The molecule has 2 aromatic rings. The van der Waals surface area contributed by atoms with Gasteiger partial charge in [-0.05, 0) is 18.1 Å². The minimum absolute atomic E-state index is 0.0139. The number of rotatable bonds is 2. The molecule has 4 heteroatoms. The number of nitrogens with two attached hydrogens (primary N) is 1. The molecule has 0 radical (unpaired) electrons. The second-order valence-corrected chi connectivity index (χ2v) is 3.61. The highest BCUT2D eigenvalue weighted by Gasteiger charge is 2.17. The maximum atomic E-state index is 13.5. The molecule has 0 fully saturated rings. The van der Waals surface area contributed by atoms with E-state index in [0.29, 0.717) is 5.39 Å². The van der Waals surface area contributed by atoms with Crippen LogP contribution in [-0.4, -0.2) is 0 Å². The third kappa shape index (κ3) is 1.41. The van der Waals surface area contributed by atoms with E-state index >= 15 is 0 Å². The largest absolute Gasteiger partial charge is 0.436 e. The number of nitriles is 1. The first kappa shape index (κ1) is 10.5. The van der Waals surface area contributed by atoms with Crippen molar-refractivity contribution in [3.63, 3.8) is 0 Å². The zero-order chi connectivity index (χ0) is 11.7. The fourth-order valence-corrected chi connectivity index (χ4v) is 1.84. The van der Waals surface area contributed by atoms with Crippen LogP contribution in [0.2, 0.25) is 0 Å². The molecule has 0 aliphatic carbocycles. The van der Waals surface area contributed by atoms with Gasteiger partial charge in [0.15, 0.2) is 11.4 Å². The number of furan rings is 1. The van der Waals surface area contributed by atoms with Gasteiger partial charge in [-0.3, -0.25) is 0 Å². The highest BCUT2D eigenvalue weighted by molar-refractivity contribution is 5.91. The van der Waals surface area contributed by atoms with Gasteiger partial charge < -0.3 is 10.2 Å². The topological polar surface area (TPSA) is 62.9 Å². The molecule has 0 saturated carbocycles. The Bertz CT molecular complexity index is 581. The predicted octanol–water partition coefficient (Wildman–Crippen LogP) is 2.98. The first-order valence-electron chi connectivity index (χ1n) is 5.08. The van der Waals surface area contributed by atoms with Crippen LogP contribution in [-0.2, 0) is 6.42 Å². The number of nitrogen functional groups attached to an aromatic ring is 1. The monoisotopic (exact) mass is 218 g/mol. The van der Waals surface area contributed by atoms with Crippen LogP contribution in [0.3, 0.4) is 0 Å². The molecule has 2 rings (SSSR count). The van der Waals surface area contributed by atoms with E-state index in [0.717, 1.165) is 18.4 Å². The molecule has 16 heavy (non-hydrogen) atoms. The molecule has 1 aromatic carbocycles. The number of benzene rings is 1. The molecular formula is C12H11FN2O. The highest BCUT2D eigenvalue weighted by Crippen LogP contribution is 2.32. The predicted molar refractivity (Wildman–Crippen MR) is 59.3 cm³/mol. The Morgan fingerprint density at radius 3 is 2.88 bits per heavy atom. The molecule has 0 unspecified atom stereocenters. The van der Waals surface area contributed by atoms with Crippen molar-refractivity contribution >= 4 is 16.9 Å². The van der Waals surface area contributed by atoms with Crippen molar-refractivity contribution in [2.45, 2.75) is 19.8 Å². The molecule has 82 valence electrons. The quantitative estimate of drug-likeness (QED) is 0.842. The van der Waals surface area contributed by atoms with Gasteiger partial charge in [0.2, 0.25) is 5.88 Å². The number of anilines is 1. The van der Waals surface area contributed by atoms with Crippen LogP contribution in [0, 0.1) is 17.1 Å². The summed E-state index contributed by atoms with van der Waals surface area (Å²) in [6, 6.07) is 4.98. The SMILES string of the molecule is CCCc1ccc(F)c2oc(N)c(C#N)c12. The number of hydrogen-bond acceptors (Lipinski definition) is 3. The summed E-state index contributed by atoms with van der Waals surface area (Å²) in [5.41, 5.74) is 6.76. The van der Waals surface area contributed by atoms with Crippen molar-refractivity contribution in [2.75, 3.05) is 5.73 Å². The third-order valence-corrected chi connectivity index (χ3v) is 2.54. The molecule has 3 nitrogen and oxygen atoms in total. The van der Waals surface area contributed by atoms with E-state index in [2.05, 4.69) is 0 Å². The first-order valence-corrected chi connectivity index (χ1v) is 5.08. The lowest BCUT2D eigenvalue weighted by Gasteiger charge is -2.00. The Morgan fingerprint density at radius 2 is 2.25 bits per heavy atom. The Hall–Kier alpha value is -2.02. The summed E-state index contributed by atoms with van der Waals surface area (Å²) < 4.78 is 18.6. The van der Waals surface area contributed by atoms with Crippen molar-refractivity contribution in [2.24, 2.45) is 0 Å². The van der Waals surface area contributed by atoms with Gasteiger partial charge in [0.1, 0.15) is 11.6 Å². The number of halogens is 1. The Labute approximate surface area is 92.3 Å². The van der Waals surface area contributed by atoms with Crippen molar-refractivity contribution < 1.29 is 8.81 Å². The van der Waals surface area contributed by atoms with Gasteiger partial charge in [-0.2, -0.15) is 5.26 Å². The number of nitrogens with zero attached hydrogens (tertiary/aromatic N) is 1. The summed E-state index contributed by atoms with van der Waals surface area (Å²) in [6.07, 6.45) is 1.68. The van der Waals surface area contributed by atoms with E-state index < -0.39 is 5.82 Å². The van der Waals surface area contributed by atoms with E-state index in [-0.39, 0.29) is 17.0 Å². The summed E-state index contributed by atoms with van der Waals surface area (Å²) in [5, 5.41) is 9.49. The minimum Gasteiger partial charge on any atom is -0.436 e. The van der Waals surface area contributed by atoms with Gasteiger partial charge in [-0.15, -0.1) is 0 Å². The van der Waals surface area contributed by atoms with Crippen LogP contribution >= 0.6 is 0 Å². The van der Waals surface area contributed by atoms with Crippen LogP contribution in [0.15, 0.2) is 16.5 Å². The number of fused-ring (bicyclic) bond motifs is 1. The van der Waals surface area contributed by atoms with Crippen LogP contribution in [0.25, 0.3) is 11.0 Å². The fourth-order valence-electron chi connectivity index (χ4n) is 1.84. The number of hydrogen-bond donors (Lipinski definition) is 1. The summed E-state index contributed by atoms with van der Waals surface area (Å²) in [5.74, 6) is -0.497. The van der Waals surface area contributed by atoms with Crippen molar-refractivity contribution in [1.82, 2.24) is 0 Å². The van der Waals surface area contributed by atoms with Crippen molar-refractivity contribution in [3.05, 3.63) is 29.1 Å². The van der Waals surface area contributed by atoms with Crippen molar-refractivity contribution in [3.8, 4) is 6.07 Å². The second-order valence-electron chi connectivity index (χ2n) is 3.61. The maximum Gasteiger partial charge on any atom is 0.209 e. The molecule has 0 saturated heterocycles. The van der Waals surface area contributed by atoms with Crippen LogP contribution in [0.1, 0.15) is 24.5 Å². The van der Waals surface area contributed by atoms with E-state index in [1.165, 1.54) is 6.07 Å². The second kappa shape index (κ2) is 3.86. The molecule has 0 atom stereocenters. The van der Waals surface area contributed by atoms with Crippen LogP contribution in [0.4, 0.5) is 10.3 Å². The smallest absolute Gasteiger partial charge is 0.209 e. The maximum absolute atomic E-state index is 13.5. The van der Waals surface area contributed by atoms with Crippen LogP contribution in [0.5, 0.6) is 0 Å². The zero-order valence-electron chi connectivity index (χ0n) is 8.88. The van der Waals surface area contributed by atoms with Gasteiger partial charge in [0.25, 0.3) is 0 Å². The molecule has 1 heterocycles. The standard InChI is InChI=1S/C12H11FN2O/c1-2-3-7-4-5-9(13)11-10(7)8(6-14)12(15)16-11/h4-5H,2-3,15H2,1H3. The average molecular weight is 218 g/mol. The lowest BCUT2D eigenvalue weighted by atomic mass is 10.0. The Kier molecular flexibility index (Phi) is 2.53. The Morgan fingerprint density at radius 1 is 1.50 bits per heavy atom. The summed E-state index contributed by atoms with van der Waals surface area (Å²) in [6.45, 7) is 2.02. The molecular weight excluding hydrogens is 207 g/mol. The summed E-state index contributed by atoms with van der Waals surface area (Å²) >= 11 is 0. The van der Waals surface area contributed by atoms with Crippen LogP contribution < -0.4 is 5.73 Å². The van der Waals surface area contributed by atoms with Gasteiger partial charge in [0.05, 0.1) is 0 Å². The van der Waals surface area contributed by atoms with E-state index in [9.17, 15) is 4.39 Å².